The van der Waals surface area contributed by atoms with Gasteiger partial charge in [0.25, 0.3) is 0 Å². The van der Waals surface area contributed by atoms with E-state index in [0.29, 0.717) is 33.2 Å². The Kier molecular flexibility index (Phi) is 4.29. The second-order valence-electron chi connectivity index (χ2n) is 6.58. The molecule has 0 aliphatic heterocycles. The first-order chi connectivity index (χ1) is 14.2. The lowest BCUT2D eigenvalue weighted by Gasteiger charge is -2.18. The third kappa shape index (κ3) is 3.05. The average Bonchev–Trinajstić information content (AvgIpc) is 3.25. The maximum absolute atomic E-state index is 12.9. The zero-order chi connectivity index (χ0) is 19.8. The minimum Gasteiger partial charge on any atom is -0.289 e. The molecule has 0 spiro atoms. The minimum absolute atomic E-state index is 0.109. The van der Waals surface area contributed by atoms with Gasteiger partial charge in [-0.15, -0.1) is 5.10 Å². The lowest BCUT2D eigenvalue weighted by Crippen LogP contribution is -2.20. The van der Waals surface area contributed by atoms with Crippen molar-refractivity contribution in [1.82, 2.24) is 20.2 Å². The van der Waals surface area contributed by atoms with Crippen LogP contribution in [0.2, 0.25) is 0 Å². The highest BCUT2D eigenvalue weighted by Crippen LogP contribution is 2.30. The van der Waals surface area contributed by atoms with Gasteiger partial charge >= 0.3 is 0 Å². The number of tetrazole rings is 1. The lowest BCUT2D eigenvalue weighted by molar-refractivity contribution is 0.0979. The summed E-state index contributed by atoms with van der Waals surface area (Å²) < 4.78 is 1.67. The number of hydrogen-bond donors (Lipinski definition) is 0. The van der Waals surface area contributed by atoms with Crippen LogP contribution in [0.3, 0.4) is 0 Å². The molecule has 7 heteroatoms. The van der Waals surface area contributed by atoms with E-state index in [2.05, 4.69) is 15.5 Å². The van der Waals surface area contributed by atoms with Gasteiger partial charge in [0.05, 0.1) is 5.69 Å². The van der Waals surface area contributed by atoms with Crippen LogP contribution < -0.4 is 0 Å². The molecule has 0 N–H and O–H groups in total. The van der Waals surface area contributed by atoms with Gasteiger partial charge in [0, 0.05) is 28.0 Å². The number of para-hydroxylation sites is 1. The van der Waals surface area contributed by atoms with Crippen molar-refractivity contribution < 1.29 is 9.59 Å². The highest BCUT2D eigenvalue weighted by atomic mass is 32.2. The predicted octanol–water partition coefficient (Wildman–Crippen LogP) is 3.73. The Balaban J connectivity index is 1.42. The molecule has 3 aromatic carbocycles. The van der Waals surface area contributed by atoms with Gasteiger partial charge in [0.15, 0.2) is 11.6 Å². The van der Waals surface area contributed by atoms with Crippen LogP contribution in [0, 0.1) is 0 Å². The fraction of sp³-hybridized carbons (Fsp3) is 0.0455. The van der Waals surface area contributed by atoms with Crippen LogP contribution in [-0.2, 0) is 5.75 Å². The standard InChI is InChI=1S/C22H14N4O2S/c27-20-16-8-4-5-9-17(16)21(28)19-12-14(10-11-18(19)20)13-29-22-23-24-25-26(22)15-6-2-1-3-7-15/h1-12H,13H2. The Morgan fingerprint density at radius 1 is 0.759 bits per heavy atom. The van der Waals surface area contributed by atoms with Crippen LogP contribution in [0.4, 0.5) is 0 Å². The number of ketones is 2. The smallest absolute Gasteiger partial charge is 0.214 e. The Hall–Kier alpha value is -3.58. The van der Waals surface area contributed by atoms with Gasteiger partial charge in [0.2, 0.25) is 5.16 Å². The van der Waals surface area contributed by atoms with Crippen molar-refractivity contribution in [3.05, 3.63) is 101 Å². The summed E-state index contributed by atoms with van der Waals surface area (Å²) in [5.74, 6) is 0.349. The van der Waals surface area contributed by atoms with Crippen molar-refractivity contribution in [2.45, 2.75) is 10.9 Å². The summed E-state index contributed by atoms with van der Waals surface area (Å²) in [6.07, 6.45) is 0. The van der Waals surface area contributed by atoms with Crippen LogP contribution in [0.15, 0.2) is 78.0 Å². The van der Waals surface area contributed by atoms with Gasteiger partial charge < -0.3 is 0 Å². The molecule has 0 bridgehead atoms. The molecule has 0 fully saturated rings. The monoisotopic (exact) mass is 398 g/mol. The number of carbonyl (C=O) groups is 2. The van der Waals surface area contributed by atoms with Gasteiger partial charge in [0.1, 0.15) is 0 Å². The summed E-state index contributed by atoms with van der Waals surface area (Å²) in [5, 5.41) is 12.6. The van der Waals surface area contributed by atoms with Crippen molar-refractivity contribution >= 4 is 23.3 Å². The van der Waals surface area contributed by atoms with E-state index < -0.39 is 0 Å². The third-order valence-electron chi connectivity index (χ3n) is 4.80. The number of benzene rings is 3. The summed E-state index contributed by atoms with van der Waals surface area (Å²) in [5.41, 5.74) is 3.64. The number of aromatic nitrogens is 4. The second-order valence-corrected chi connectivity index (χ2v) is 7.52. The number of fused-ring (bicyclic) bond motifs is 2. The normalized spacial score (nSPS) is 12.6. The highest BCUT2D eigenvalue weighted by molar-refractivity contribution is 7.98. The molecule has 6 nitrogen and oxygen atoms in total. The average molecular weight is 398 g/mol. The molecule has 0 atom stereocenters. The van der Waals surface area contributed by atoms with E-state index in [1.165, 1.54) is 11.8 Å². The summed E-state index contributed by atoms with van der Waals surface area (Å²) >= 11 is 1.47. The Bertz CT molecular complexity index is 1250. The SMILES string of the molecule is O=C1c2ccccc2C(=O)c2cc(CSc3nnnn3-c3ccccc3)ccc21. The fourth-order valence-electron chi connectivity index (χ4n) is 3.38. The highest BCUT2D eigenvalue weighted by Gasteiger charge is 2.29. The molecule has 140 valence electrons. The van der Waals surface area contributed by atoms with Gasteiger partial charge in [-0.25, -0.2) is 0 Å². The first kappa shape index (κ1) is 17.5. The third-order valence-corrected chi connectivity index (χ3v) is 5.79. The summed E-state index contributed by atoms with van der Waals surface area (Å²) in [4.78, 5) is 25.6. The molecule has 1 aliphatic carbocycles. The molecule has 0 saturated carbocycles. The quantitative estimate of drug-likeness (QED) is 0.429. The molecule has 29 heavy (non-hydrogen) atoms. The Morgan fingerprint density at radius 2 is 1.41 bits per heavy atom. The van der Waals surface area contributed by atoms with E-state index in [0.717, 1.165) is 11.3 Å². The molecule has 0 amide bonds. The zero-order valence-electron chi connectivity index (χ0n) is 15.1. The Morgan fingerprint density at radius 3 is 2.17 bits per heavy atom. The van der Waals surface area contributed by atoms with Crippen molar-refractivity contribution in [3.63, 3.8) is 0 Å². The molecule has 0 saturated heterocycles. The van der Waals surface area contributed by atoms with Gasteiger partial charge in [-0.05, 0) is 40.3 Å². The van der Waals surface area contributed by atoms with Crippen molar-refractivity contribution in [1.29, 1.82) is 0 Å². The molecular weight excluding hydrogens is 384 g/mol. The van der Waals surface area contributed by atoms with Crippen molar-refractivity contribution in [2.24, 2.45) is 0 Å². The zero-order valence-corrected chi connectivity index (χ0v) is 16.0. The maximum Gasteiger partial charge on any atom is 0.214 e. The van der Waals surface area contributed by atoms with Gasteiger partial charge in [-0.2, -0.15) is 4.68 Å². The van der Waals surface area contributed by atoms with E-state index in [1.807, 2.05) is 36.4 Å². The molecular formula is C22H14N4O2S. The first-order valence-corrected chi connectivity index (χ1v) is 9.99. The van der Waals surface area contributed by atoms with Gasteiger partial charge in [-0.1, -0.05) is 60.3 Å². The molecule has 1 heterocycles. The minimum atomic E-state index is -0.115. The van der Waals surface area contributed by atoms with Crippen molar-refractivity contribution in [3.8, 4) is 5.69 Å². The molecule has 0 unspecified atom stereocenters. The van der Waals surface area contributed by atoms with Crippen LogP contribution >= 0.6 is 11.8 Å². The molecule has 4 aromatic rings. The summed E-state index contributed by atoms with van der Waals surface area (Å²) in [6, 6.07) is 22.0. The number of thioether (sulfide) groups is 1. The molecule has 5 rings (SSSR count). The number of carbonyl (C=O) groups excluding carboxylic acids is 2. The number of rotatable bonds is 4. The topological polar surface area (TPSA) is 77.7 Å². The molecule has 1 aromatic heterocycles. The van der Waals surface area contributed by atoms with E-state index in [-0.39, 0.29) is 11.6 Å². The van der Waals surface area contributed by atoms with Gasteiger partial charge in [-0.3, -0.25) is 9.59 Å². The Labute approximate surface area is 170 Å². The van der Waals surface area contributed by atoms with Crippen LogP contribution in [0.1, 0.15) is 37.4 Å². The van der Waals surface area contributed by atoms with Crippen LogP contribution in [0.5, 0.6) is 0 Å². The first-order valence-electron chi connectivity index (χ1n) is 9.00. The van der Waals surface area contributed by atoms with Crippen LogP contribution in [-0.4, -0.2) is 31.8 Å². The fourth-order valence-corrected chi connectivity index (χ4v) is 4.22. The number of nitrogens with zero attached hydrogens (tertiary/aromatic N) is 4. The van der Waals surface area contributed by atoms with E-state index in [1.54, 1.807) is 41.1 Å². The summed E-state index contributed by atoms with van der Waals surface area (Å²) in [6.45, 7) is 0. The molecule has 1 aliphatic rings. The molecule has 0 radical (unpaired) electrons. The van der Waals surface area contributed by atoms with Crippen LogP contribution in [0.25, 0.3) is 5.69 Å². The number of hydrogen-bond acceptors (Lipinski definition) is 6. The second kappa shape index (κ2) is 7.10. The predicted molar refractivity (Wildman–Crippen MR) is 108 cm³/mol. The van der Waals surface area contributed by atoms with E-state index >= 15 is 0 Å². The largest absolute Gasteiger partial charge is 0.289 e. The van der Waals surface area contributed by atoms with E-state index in [9.17, 15) is 9.59 Å². The summed E-state index contributed by atoms with van der Waals surface area (Å²) in [7, 11) is 0. The maximum atomic E-state index is 12.9. The van der Waals surface area contributed by atoms with E-state index in [4.69, 9.17) is 0 Å². The van der Waals surface area contributed by atoms with Crippen molar-refractivity contribution in [2.75, 3.05) is 0 Å². The lowest BCUT2D eigenvalue weighted by atomic mass is 9.83.